The second-order valence-corrected chi connectivity index (χ2v) is 47.4. The summed E-state index contributed by atoms with van der Waals surface area (Å²) in [5.41, 5.74) is 1.65. The monoisotopic (exact) mass is 1510 g/mol. The quantitative estimate of drug-likeness (QED) is 0.0421. The third-order valence-electron chi connectivity index (χ3n) is 16.9. The van der Waals surface area contributed by atoms with Crippen molar-refractivity contribution in [2.75, 3.05) is 78.0 Å². The molecule has 4 aliphatic heterocycles. The molecule has 4 aliphatic rings. The number of halogens is 3. The summed E-state index contributed by atoms with van der Waals surface area (Å²) in [5, 5.41) is 40.6. The first-order valence-corrected chi connectivity index (χ1v) is 45.4. The number of imidazole rings is 4. The van der Waals surface area contributed by atoms with Gasteiger partial charge in [-0.3, -0.25) is 37.4 Å². The predicted molar refractivity (Wildman–Crippen MR) is 394 cm³/mol. The molecular weight excluding hydrogens is 1420 g/mol. The number of hydrogen-bond donors (Lipinski definition) is 8. The Labute approximate surface area is 574 Å². The minimum absolute atomic E-state index is 0.111. The van der Waals surface area contributed by atoms with Gasteiger partial charge in [-0.2, -0.15) is 0 Å². The van der Waals surface area contributed by atoms with Crippen LogP contribution in [0.5, 0.6) is 0 Å². The number of aliphatic hydroxyl groups excluding tert-OH is 4. The second-order valence-electron chi connectivity index (χ2n) is 28.1. The van der Waals surface area contributed by atoms with E-state index in [4.69, 9.17) is 42.1 Å². The molecule has 8 aromatic heterocycles. The number of aliphatic hydroxyl groups is 4. The first kappa shape index (κ1) is 75.5. The molecule has 12 rings (SSSR count). The van der Waals surface area contributed by atoms with Crippen molar-refractivity contribution in [1.82, 2.24) is 78.1 Å². The minimum Gasteiger partial charge on any atom is -0.390 e. The highest BCUT2D eigenvalue weighted by Crippen LogP contribution is 2.46. The van der Waals surface area contributed by atoms with Gasteiger partial charge in [0.25, 0.3) is 22.2 Å². The Morgan fingerprint density at radius 2 is 0.677 bits per heavy atom. The van der Waals surface area contributed by atoms with Gasteiger partial charge in [-0.25, -0.2) is 39.9 Å². The van der Waals surface area contributed by atoms with Crippen LogP contribution in [-0.4, -0.2) is 266 Å². The molecule has 8 N–H and O–H groups in total. The van der Waals surface area contributed by atoms with Crippen LogP contribution in [0.2, 0.25) is 0 Å². The van der Waals surface area contributed by atoms with Crippen LogP contribution in [0.15, 0.2) is 44.5 Å². The highest BCUT2D eigenvalue weighted by Gasteiger charge is 2.47. The SMILES string of the molecule is C=P(C)(C)CC[C@H]1O[C@@H](n2cnc3c(=O)[nH]c(C)nc32)[C@H](Br)[C@@H]1O.C=P(C)(C)CC[C@H]1O[C@@H](n2cnc3c(=O)[nH]c(C)nc32)[C@H](C)[C@@H]1O.C=P(C)(C)CC[C@H]1O[C@@H](n2cnc3c(=O)[nH]c(C)nc32)[C@H](Cl)[C@@H]1O.C=P(C)(C)CC[C@H]1O[C@@H](n2cnc3c(=O)[nH]c(C)nc32)[C@H](Cl)[C@@H]1O. The zero-order valence-electron chi connectivity index (χ0n) is 56.4. The van der Waals surface area contributed by atoms with Gasteiger partial charge in [-0.1, -0.05) is 22.9 Å². The summed E-state index contributed by atoms with van der Waals surface area (Å²) in [6.45, 7) is 21.3. The summed E-state index contributed by atoms with van der Waals surface area (Å²) in [6, 6.07) is 0. The minimum atomic E-state index is -1.21. The molecule has 528 valence electrons. The summed E-state index contributed by atoms with van der Waals surface area (Å²) in [4.78, 5) is 92.0. The fraction of sp³-hybridized carbons (Fsp3) is 0.607. The standard InChI is InChI=1S/C16H25N4O3P.C15H22BrN4O3P.2C15H22ClN4O3P/c1-9-13(21)11(6-7-24(3,4)5)23-16(9)20-8-17-12-14(20)18-10(2)19-15(12)22;3*1-8-18-13-11(14(22)19-8)17-7-20(13)15-10(16)12(21)9(23-15)5-6-24(2,3)4/h8-9,11,13,16,21H,3,6-7H2,1-2,4-5H3,(H,18,19,22);3*7,9-10,12,15,21H,2,5-6H2,1,3-4H3,(H,18,19,22)/t9-,11-,13+,16-;3*9-,10-,12-,15-/m1111/s1. The van der Waals surface area contributed by atoms with Crippen molar-refractivity contribution in [3.8, 4) is 0 Å². The molecule has 0 aliphatic carbocycles. The number of nitrogens with zero attached hydrogens (tertiary/aromatic N) is 12. The van der Waals surface area contributed by atoms with Crippen molar-refractivity contribution in [1.29, 1.82) is 0 Å². The normalized spacial score (nSPS) is 27.9. The number of aryl methyl sites for hydroxylation is 4. The zero-order valence-corrected chi connectivity index (χ0v) is 63.1. The van der Waals surface area contributed by atoms with Crippen LogP contribution in [0, 0.1) is 33.6 Å². The molecule has 35 heteroatoms. The van der Waals surface area contributed by atoms with Crippen LogP contribution in [0.4, 0.5) is 0 Å². The Morgan fingerprint density at radius 3 is 0.969 bits per heavy atom. The van der Waals surface area contributed by atoms with E-state index in [9.17, 15) is 39.6 Å². The number of nitrogens with one attached hydrogen (secondary N) is 4. The first-order valence-electron chi connectivity index (χ1n) is 31.4. The summed E-state index contributed by atoms with van der Waals surface area (Å²) in [7, 11) is 0. The maximum atomic E-state index is 12.0. The van der Waals surface area contributed by atoms with Crippen molar-refractivity contribution in [2.24, 2.45) is 5.92 Å². The van der Waals surface area contributed by atoms with Gasteiger partial charge in [-0.05, 0) is 131 Å². The number of alkyl halides is 3. The Kier molecular flexibility index (Phi) is 23.5. The fourth-order valence-corrected chi connectivity index (χ4v) is 17.0. The highest BCUT2D eigenvalue weighted by atomic mass is 79.9. The molecule has 4 saturated heterocycles. The summed E-state index contributed by atoms with van der Waals surface area (Å²) in [5.74, 6) is 1.90. The molecule has 96 heavy (non-hydrogen) atoms. The van der Waals surface area contributed by atoms with E-state index < -0.39 is 81.4 Å². The second kappa shape index (κ2) is 29.9. The van der Waals surface area contributed by atoms with Crippen LogP contribution in [0.3, 0.4) is 0 Å². The smallest absolute Gasteiger partial charge is 0.279 e. The highest BCUT2D eigenvalue weighted by molar-refractivity contribution is 9.09. The van der Waals surface area contributed by atoms with Crippen LogP contribution in [0.25, 0.3) is 44.7 Å². The van der Waals surface area contributed by atoms with Crippen LogP contribution >= 0.6 is 66.7 Å². The molecule has 8 aromatic rings. The number of aromatic nitrogens is 16. The van der Waals surface area contributed by atoms with Crippen molar-refractivity contribution in [2.45, 2.75) is 150 Å². The van der Waals surface area contributed by atoms with E-state index in [1.54, 1.807) is 58.6 Å². The average molecular weight is 1520 g/mol. The first-order chi connectivity index (χ1) is 44.7. The van der Waals surface area contributed by atoms with Gasteiger partial charge in [0.15, 0.2) is 63.3 Å². The number of fused-ring (bicyclic) bond motifs is 4. The maximum Gasteiger partial charge on any atom is 0.279 e. The lowest BCUT2D eigenvalue weighted by Gasteiger charge is -2.19. The lowest BCUT2D eigenvalue weighted by atomic mass is 10.0. The predicted octanol–water partition coefficient (Wildman–Crippen LogP) is 5.76. The van der Waals surface area contributed by atoms with E-state index in [2.05, 4.69) is 154 Å². The van der Waals surface area contributed by atoms with Gasteiger partial charge >= 0.3 is 0 Å². The average Bonchev–Trinajstić information content (AvgIpc) is 1.66. The topological polar surface area (TPSA) is 372 Å². The van der Waals surface area contributed by atoms with Gasteiger partial charge in [0, 0.05) is 5.92 Å². The largest absolute Gasteiger partial charge is 0.390 e. The van der Waals surface area contributed by atoms with Crippen LogP contribution in [0.1, 0.15) is 80.8 Å². The molecular formula is C61H91BrCl2N16O12P4. The molecule has 0 spiro atoms. The molecule has 12 heterocycles. The molecule has 0 bridgehead atoms. The number of aromatic amines is 4. The Balaban J connectivity index is 0.000000150. The molecule has 16 atom stereocenters. The van der Waals surface area contributed by atoms with Crippen LogP contribution < -0.4 is 22.2 Å². The molecule has 28 nitrogen and oxygen atoms in total. The van der Waals surface area contributed by atoms with Gasteiger partial charge in [-0.15, -0.1) is 75.9 Å². The molecule has 4 fully saturated rings. The van der Waals surface area contributed by atoms with Crippen molar-refractivity contribution in [3.63, 3.8) is 0 Å². The lowest BCUT2D eigenvalue weighted by molar-refractivity contribution is -0.0206. The van der Waals surface area contributed by atoms with E-state index in [0.29, 0.717) is 64.2 Å². The maximum absolute atomic E-state index is 12.0. The number of hydrogen-bond acceptors (Lipinski definition) is 20. The number of rotatable bonds is 16. The van der Waals surface area contributed by atoms with Gasteiger partial charge < -0.3 is 59.3 Å². The third kappa shape index (κ3) is 17.5. The van der Waals surface area contributed by atoms with Crippen molar-refractivity contribution in [3.05, 3.63) is 90.0 Å². The molecule has 0 radical (unpaired) electrons. The molecule has 0 saturated carbocycles. The van der Waals surface area contributed by atoms with Gasteiger partial charge in [0.2, 0.25) is 0 Å². The number of ether oxygens (including phenoxy) is 4. The van der Waals surface area contributed by atoms with E-state index in [1.165, 1.54) is 12.7 Å². The van der Waals surface area contributed by atoms with Gasteiger partial charge in [0.1, 0.15) is 52.5 Å². The van der Waals surface area contributed by atoms with Crippen molar-refractivity contribution < 1.29 is 39.4 Å². The fourth-order valence-electron chi connectivity index (χ4n) is 11.7. The third-order valence-corrected chi connectivity index (χ3v) is 24.8. The van der Waals surface area contributed by atoms with Crippen LogP contribution in [-0.2, 0) is 18.9 Å². The Bertz CT molecular complexity index is 4000. The Morgan fingerprint density at radius 1 is 0.438 bits per heavy atom. The molecule has 0 aromatic carbocycles. The van der Waals surface area contributed by atoms with E-state index in [0.717, 1.165) is 37.5 Å². The van der Waals surface area contributed by atoms with E-state index >= 15 is 0 Å². The van der Waals surface area contributed by atoms with Crippen molar-refractivity contribution >= 4 is 137 Å². The summed E-state index contributed by atoms with van der Waals surface area (Å²) < 4.78 is 30.9. The summed E-state index contributed by atoms with van der Waals surface area (Å²) >= 11 is 16.3. The lowest BCUT2D eigenvalue weighted by Crippen LogP contribution is -2.28. The zero-order chi connectivity index (χ0) is 70.6. The van der Waals surface area contributed by atoms with Gasteiger partial charge in [0.05, 0.1) is 66.8 Å². The van der Waals surface area contributed by atoms with E-state index in [1.807, 2.05) is 6.92 Å². The molecule has 0 amide bonds. The Hall–Kier alpha value is -4.66. The summed E-state index contributed by atoms with van der Waals surface area (Å²) in [6.07, 6.45) is 23.5. The molecule has 0 unspecified atom stereocenters. The number of H-pyrrole nitrogens is 4. The van der Waals surface area contributed by atoms with E-state index in [-0.39, 0.29) is 80.2 Å².